The molecule has 7 nitrogen and oxygen atoms in total. The molecule has 0 atom stereocenters. The number of hydrogen-bond acceptors (Lipinski definition) is 5. The fourth-order valence-electron chi connectivity index (χ4n) is 2.27. The highest BCUT2D eigenvalue weighted by Crippen LogP contribution is 2.11. The van der Waals surface area contributed by atoms with Crippen LogP contribution in [0.1, 0.15) is 71.1 Å². The van der Waals surface area contributed by atoms with Crippen LogP contribution in [-0.2, 0) is 4.79 Å². The van der Waals surface area contributed by atoms with Gasteiger partial charge in [0.1, 0.15) is 6.29 Å². The van der Waals surface area contributed by atoms with Crippen LogP contribution in [0.2, 0.25) is 0 Å². The van der Waals surface area contributed by atoms with Crippen molar-refractivity contribution < 1.29 is 14.6 Å². The fourth-order valence-corrected chi connectivity index (χ4v) is 2.27. The maximum atomic E-state index is 11.1. The largest absolute Gasteiger partial charge is 0.303 e. The Balaban J connectivity index is 4.48. The topological polar surface area (TPSA) is 103 Å². The first-order valence-corrected chi connectivity index (χ1v) is 9.43. The first kappa shape index (κ1) is 24.4. The SMILES string of the molecule is CCCCC/C=C(\C/C=C\C/C(=C\C/C=C\CCCC=O)[N+](=O)[O-])[N+](=O)[O-]. The van der Waals surface area contributed by atoms with Crippen LogP contribution in [0, 0.1) is 20.2 Å². The third-order valence-corrected chi connectivity index (χ3v) is 3.83. The summed E-state index contributed by atoms with van der Waals surface area (Å²) in [6.45, 7) is 2.07. The third kappa shape index (κ3) is 14.3. The summed E-state index contributed by atoms with van der Waals surface area (Å²) in [4.78, 5) is 31.5. The maximum absolute atomic E-state index is 11.1. The van der Waals surface area contributed by atoms with Gasteiger partial charge in [-0.15, -0.1) is 0 Å². The summed E-state index contributed by atoms with van der Waals surface area (Å²) in [6, 6.07) is 0. The zero-order valence-electron chi connectivity index (χ0n) is 16.0. The second-order valence-corrected chi connectivity index (χ2v) is 6.09. The third-order valence-electron chi connectivity index (χ3n) is 3.83. The lowest BCUT2D eigenvalue weighted by molar-refractivity contribution is -0.427. The van der Waals surface area contributed by atoms with Gasteiger partial charge in [0.2, 0.25) is 11.4 Å². The van der Waals surface area contributed by atoms with E-state index in [1.54, 1.807) is 18.2 Å². The van der Waals surface area contributed by atoms with Crippen molar-refractivity contribution in [3.63, 3.8) is 0 Å². The van der Waals surface area contributed by atoms with Gasteiger partial charge in [-0.2, -0.15) is 0 Å². The van der Waals surface area contributed by atoms with Crippen molar-refractivity contribution in [3.05, 3.63) is 68.1 Å². The predicted octanol–water partition coefficient (Wildman–Crippen LogP) is 5.54. The number of carbonyl (C=O) groups excluding carboxylic acids is 1. The molecule has 0 rings (SSSR count). The average molecular weight is 378 g/mol. The summed E-state index contributed by atoms with van der Waals surface area (Å²) in [6.07, 6.45) is 17.5. The van der Waals surface area contributed by atoms with Crippen LogP contribution in [0.15, 0.2) is 47.9 Å². The fraction of sp³-hybridized carbons (Fsp3) is 0.550. The number of unbranched alkanes of at least 4 members (excludes halogenated alkanes) is 5. The number of allylic oxidation sites excluding steroid dienone is 6. The highest BCUT2D eigenvalue weighted by atomic mass is 16.6. The Morgan fingerprint density at radius 2 is 1.41 bits per heavy atom. The minimum Gasteiger partial charge on any atom is -0.303 e. The molecule has 0 aliphatic rings. The van der Waals surface area contributed by atoms with Gasteiger partial charge in [-0.3, -0.25) is 20.2 Å². The van der Waals surface area contributed by atoms with E-state index in [4.69, 9.17) is 0 Å². The van der Waals surface area contributed by atoms with Gasteiger partial charge < -0.3 is 4.79 Å². The van der Waals surface area contributed by atoms with Crippen LogP contribution < -0.4 is 0 Å². The minimum absolute atomic E-state index is 0.0679. The number of rotatable bonds is 16. The lowest BCUT2D eigenvalue weighted by Gasteiger charge is -1.96. The molecule has 0 radical (unpaired) electrons. The Hall–Kier alpha value is -2.57. The summed E-state index contributed by atoms with van der Waals surface area (Å²) >= 11 is 0. The second kappa shape index (κ2) is 16.9. The van der Waals surface area contributed by atoms with Gasteiger partial charge in [0, 0.05) is 6.42 Å². The molecule has 0 amide bonds. The Kier molecular flexibility index (Phi) is 15.3. The van der Waals surface area contributed by atoms with E-state index in [0.717, 1.165) is 38.4 Å². The van der Waals surface area contributed by atoms with Gasteiger partial charge in [-0.25, -0.2) is 0 Å². The van der Waals surface area contributed by atoms with Crippen LogP contribution in [0.3, 0.4) is 0 Å². The quantitative estimate of drug-likeness (QED) is 0.115. The Labute approximate surface area is 160 Å². The monoisotopic (exact) mass is 378 g/mol. The van der Waals surface area contributed by atoms with Crippen molar-refractivity contribution in [2.45, 2.75) is 71.1 Å². The van der Waals surface area contributed by atoms with E-state index < -0.39 is 9.85 Å². The normalized spacial score (nSPS) is 12.8. The van der Waals surface area contributed by atoms with Crippen molar-refractivity contribution in [1.29, 1.82) is 0 Å². The first-order valence-electron chi connectivity index (χ1n) is 9.43. The smallest absolute Gasteiger partial charge is 0.246 e. The van der Waals surface area contributed by atoms with Crippen LogP contribution in [0.5, 0.6) is 0 Å². The standard InChI is InChI=1S/C20H30N2O5/c1-2-3-4-9-14-19(21(24)25)16-11-12-17-20(22(26)27)15-10-7-5-6-8-13-18-23/h5,7,11-12,14-15,18H,2-4,6,8-10,13,16-17H2,1H3/b7-5-,12-11-,19-14+,20-15+. The molecule has 0 bridgehead atoms. The van der Waals surface area contributed by atoms with Gasteiger partial charge in [0.15, 0.2) is 0 Å². The molecular formula is C20H30N2O5. The van der Waals surface area contributed by atoms with E-state index in [9.17, 15) is 25.0 Å². The lowest BCUT2D eigenvalue weighted by Crippen LogP contribution is -1.99. The van der Waals surface area contributed by atoms with Gasteiger partial charge in [-0.1, -0.05) is 44.1 Å². The van der Waals surface area contributed by atoms with Gasteiger partial charge >= 0.3 is 0 Å². The van der Waals surface area contributed by atoms with Gasteiger partial charge in [-0.05, 0) is 44.3 Å². The van der Waals surface area contributed by atoms with Crippen molar-refractivity contribution in [3.8, 4) is 0 Å². The van der Waals surface area contributed by atoms with Crippen LogP contribution in [-0.4, -0.2) is 16.1 Å². The molecular weight excluding hydrogens is 348 g/mol. The van der Waals surface area contributed by atoms with Crippen molar-refractivity contribution in [2.24, 2.45) is 0 Å². The van der Waals surface area contributed by atoms with Crippen molar-refractivity contribution in [1.82, 2.24) is 0 Å². The highest BCUT2D eigenvalue weighted by Gasteiger charge is 2.09. The van der Waals surface area contributed by atoms with Crippen LogP contribution in [0.4, 0.5) is 0 Å². The molecule has 7 heteroatoms. The number of hydrogen-bond donors (Lipinski definition) is 0. The van der Waals surface area contributed by atoms with Crippen molar-refractivity contribution in [2.75, 3.05) is 0 Å². The highest BCUT2D eigenvalue weighted by molar-refractivity contribution is 5.49. The van der Waals surface area contributed by atoms with E-state index >= 15 is 0 Å². The zero-order chi connectivity index (χ0) is 20.3. The Morgan fingerprint density at radius 3 is 1.96 bits per heavy atom. The van der Waals surface area contributed by atoms with Crippen LogP contribution >= 0.6 is 0 Å². The molecule has 0 aromatic heterocycles. The molecule has 0 saturated heterocycles. The molecule has 27 heavy (non-hydrogen) atoms. The summed E-state index contributed by atoms with van der Waals surface area (Å²) in [5.74, 6) is 0. The zero-order valence-corrected chi connectivity index (χ0v) is 16.0. The minimum atomic E-state index is -0.431. The molecule has 0 spiro atoms. The molecule has 0 saturated carbocycles. The molecule has 0 aliphatic heterocycles. The van der Waals surface area contributed by atoms with E-state index in [2.05, 4.69) is 6.92 Å². The van der Waals surface area contributed by atoms with Crippen molar-refractivity contribution >= 4 is 6.29 Å². The number of aldehydes is 1. The average Bonchev–Trinajstić information content (AvgIpc) is 2.63. The number of nitrogens with zero attached hydrogens (tertiary/aromatic N) is 2. The molecule has 0 N–H and O–H groups in total. The first-order chi connectivity index (χ1) is 13.0. The molecule has 150 valence electrons. The summed E-state index contributed by atoms with van der Waals surface area (Å²) in [5, 5.41) is 22.1. The summed E-state index contributed by atoms with van der Waals surface area (Å²) < 4.78 is 0. The number of carbonyl (C=O) groups is 1. The maximum Gasteiger partial charge on any atom is 0.246 e. The van der Waals surface area contributed by atoms with E-state index in [0.29, 0.717) is 19.3 Å². The van der Waals surface area contributed by atoms with E-state index in [-0.39, 0.29) is 24.2 Å². The van der Waals surface area contributed by atoms with Gasteiger partial charge in [0.05, 0.1) is 22.7 Å². The van der Waals surface area contributed by atoms with E-state index in [1.807, 2.05) is 12.2 Å². The van der Waals surface area contributed by atoms with E-state index in [1.165, 1.54) is 6.08 Å². The molecule has 0 aliphatic carbocycles. The molecule has 0 fully saturated rings. The summed E-state index contributed by atoms with van der Waals surface area (Å²) in [7, 11) is 0. The molecule has 0 aromatic rings. The summed E-state index contributed by atoms with van der Waals surface area (Å²) in [5.41, 5.74) is 0.200. The molecule has 0 heterocycles. The Morgan fingerprint density at radius 1 is 0.778 bits per heavy atom. The Bertz CT molecular complexity index is 577. The van der Waals surface area contributed by atoms with Gasteiger partial charge in [0.25, 0.3) is 0 Å². The number of nitro groups is 2. The lowest BCUT2D eigenvalue weighted by atomic mass is 10.1. The predicted molar refractivity (Wildman–Crippen MR) is 106 cm³/mol. The van der Waals surface area contributed by atoms with Crippen LogP contribution in [0.25, 0.3) is 0 Å². The molecule has 0 unspecified atom stereocenters. The second-order valence-electron chi connectivity index (χ2n) is 6.09. The molecule has 0 aromatic carbocycles.